The van der Waals surface area contributed by atoms with Crippen molar-refractivity contribution in [3.63, 3.8) is 0 Å². The van der Waals surface area contributed by atoms with E-state index in [1.807, 2.05) is 0 Å². The second kappa shape index (κ2) is 5.61. The molecule has 1 aromatic carbocycles. The van der Waals surface area contributed by atoms with E-state index < -0.39 is 5.82 Å². The molecule has 1 amide bonds. The Labute approximate surface area is 122 Å². The van der Waals surface area contributed by atoms with E-state index in [0.717, 1.165) is 19.3 Å². The Bertz CT molecular complexity index is 461. The molecule has 0 bridgehead atoms. The van der Waals surface area contributed by atoms with Gasteiger partial charge in [-0.1, -0.05) is 26.3 Å². The summed E-state index contributed by atoms with van der Waals surface area (Å²) in [6.07, 6.45) is 3.10. The molecule has 1 heterocycles. The third-order valence-electron chi connectivity index (χ3n) is 4.29. The van der Waals surface area contributed by atoms with Crippen molar-refractivity contribution >= 4 is 21.8 Å². The highest BCUT2D eigenvalue weighted by molar-refractivity contribution is 9.10. The number of carbonyl (C=O) groups excluding carboxylic acids is 1. The largest absolute Gasteiger partial charge is 0.338 e. The Balaban J connectivity index is 2.14. The van der Waals surface area contributed by atoms with Crippen LogP contribution < -0.4 is 0 Å². The van der Waals surface area contributed by atoms with Crippen molar-refractivity contribution in [3.8, 4) is 0 Å². The molecule has 0 atom stereocenters. The Morgan fingerprint density at radius 3 is 2.58 bits per heavy atom. The fourth-order valence-electron chi connectivity index (χ4n) is 2.46. The smallest absolute Gasteiger partial charge is 0.257 e. The van der Waals surface area contributed by atoms with Crippen molar-refractivity contribution in [2.45, 2.75) is 33.1 Å². The predicted octanol–water partition coefficient (Wildman–Crippen LogP) is 4.24. The lowest BCUT2D eigenvalue weighted by atomic mass is 9.78. The standard InChI is InChI=1S/C15H19BrFNO/c1-3-15(2)7-9-18(10-8-15)14(19)13-11(16)5-4-6-12(13)17/h4-6H,3,7-10H2,1-2H3. The Morgan fingerprint density at radius 2 is 2.05 bits per heavy atom. The molecule has 1 aromatic rings. The summed E-state index contributed by atoms with van der Waals surface area (Å²) in [7, 11) is 0. The Morgan fingerprint density at radius 1 is 1.42 bits per heavy atom. The first kappa shape index (κ1) is 14.5. The first-order valence-electron chi connectivity index (χ1n) is 6.70. The molecule has 1 aliphatic heterocycles. The SMILES string of the molecule is CCC1(C)CCN(C(=O)c2c(F)cccc2Br)CC1. The first-order chi connectivity index (χ1) is 8.97. The predicted molar refractivity (Wildman–Crippen MR) is 77.6 cm³/mol. The topological polar surface area (TPSA) is 20.3 Å². The fraction of sp³-hybridized carbons (Fsp3) is 0.533. The van der Waals surface area contributed by atoms with E-state index >= 15 is 0 Å². The number of rotatable bonds is 2. The molecule has 0 N–H and O–H groups in total. The van der Waals surface area contributed by atoms with E-state index in [-0.39, 0.29) is 11.5 Å². The summed E-state index contributed by atoms with van der Waals surface area (Å²) in [6, 6.07) is 4.63. The molecular weight excluding hydrogens is 309 g/mol. The summed E-state index contributed by atoms with van der Waals surface area (Å²) in [6.45, 7) is 5.87. The van der Waals surface area contributed by atoms with Crippen LogP contribution in [-0.2, 0) is 0 Å². The van der Waals surface area contributed by atoms with Gasteiger partial charge in [-0.15, -0.1) is 0 Å². The van der Waals surface area contributed by atoms with Gasteiger partial charge < -0.3 is 4.90 Å². The van der Waals surface area contributed by atoms with Gasteiger partial charge in [0, 0.05) is 17.6 Å². The van der Waals surface area contributed by atoms with E-state index in [2.05, 4.69) is 29.8 Å². The number of benzene rings is 1. The normalized spacial score (nSPS) is 18.4. The second-order valence-electron chi connectivity index (χ2n) is 5.55. The van der Waals surface area contributed by atoms with Crippen molar-refractivity contribution in [1.29, 1.82) is 0 Å². The minimum absolute atomic E-state index is 0.155. The van der Waals surface area contributed by atoms with Crippen LogP contribution in [0.4, 0.5) is 4.39 Å². The van der Waals surface area contributed by atoms with Crippen molar-refractivity contribution in [1.82, 2.24) is 4.90 Å². The second-order valence-corrected chi connectivity index (χ2v) is 6.41. The van der Waals surface area contributed by atoms with E-state index in [0.29, 0.717) is 23.0 Å². The summed E-state index contributed by atoms with van der Waals surface area (Å²) in [5.41, 5.74) is 0.478. The van der Waals surface area contributed by atoms with Gasteiger partial charge in [0.15, 0.2) is 0 Å². The number of carbonyl (C=O) groups is 1. The lowest BCUT2D eigenvalue weighted by molar-refractivity contribution is 0.0595. The monoisotopic (exact) mass is 327 g/mol. The lowest BCUT2D eigenvalue weighted by Crippen LogP contribution is -2.42. The minimum Gasteiger partial charge on any atom is -0.338 e. The maximum Gasteiger partial charge on any atom is 0.257 e. The number of halogens is 2. The van der Waals surface area contributed by atoms with Gasteiger partial charge >= 0.3 is 0 Å². The molecule has 0 radical (unpaired) electrons. The van der Waals surface area contributed by atoms with Gasteiger partial charge in [-0.2, -0.15) is 0 Å². The molecule has 1 saturated heterocycles. The number of amides is 1. The first-order valence-corrected chi connectivity index (χ1v) is 7.49. The quantitative estimate of drug-likeness (QED) is 0.795. The Kier molecular flexibility index (Phi) is 4.29. The molecule has 2 rings (SSSR count). The summed E-state index contributed by atoms with van der Waals surface area (Å²) in [5, 5.41) is 0. The molecule has 1 aliphatic rings. The zero-order valence-electron chi connectivity index (χ0n) is 11.4. The van der Waals surface area contributed by atoms with Gasteiger partial charge in [-0.25, -0.2) is 4.39 Å². The van der Waals surface area contributed by atoms with Crippen molar-refractivity contribution in [2.75, 3.05) is 13.1 Å². The van der Waals surface area contributed by atoms with Gasteiger partial charge in [0.05, 0.1) is 5.56 Å². The molecule has 19 heavy (non-hydrogen) atoms. The molecule has 0 aromatic heterocycles. The van der Waals surface area contributed by atoms with E-state index in [9.17, 15) is 9.18 Å². The number of hydrogen-bond donors (Lipinski definition) is 0. The number of piperidine rings is 1. The van der Waals surface area contributed by atoms with Crippen LogP contribution in [0.15, 0.2) is 22.7 Å². The van der Waals surface area contributed by atoms with Gasteiger partial charge in [0.2, 0.25) is 0 Å². The van der Waals surface area contributed by atoms with E-state index in [1.165, 1.54) is 6.07 Å². The van der Waals surface area contributed by atoms with Crippen molar-refractivity contribution < 1.29 is 9.18 Å². The van der Waals surface area contributed by atoms with Crippen LogP contribution in [0, 0.1) is 11.2 Å². The molecule has 2 nitrogen and oxygen atoms in total. The lowest BCUT2D eigenvalue weighted by Gasteiger charge is -2.39. The van der Waals surface area contributed by atoms with Crippen LogP contribution in [0.2, 0.25) is 0 Å². The zero-order valence-corrected chi connectivity index (χ0v) is 13.0. The summed E-state index contributed by atoms with van der Waals surface area (Å²) < 4.78 is 14.3. The highest BCUT2D eigenvalue weighted by atomic mass is 79.9. The van der Waals surface area contributed by atoms with Crippen LogP contribution in [-0.4, -0.2) is 23.9 Å². The molecule has 0 aliphatic carbocycles. The van der Waals surface area contributed by atoms with Crippen LogP contribution in [0.3, 0.4) is 0 Å². The number of nitrogens with zero attached hydrogens (tertiary/aromatic N) is 1. The number of likely N-dealkylation sites (tertiary alicyclic amines) is 1. The van der Waals surface area contributed by atoms with Gasteiger partial charge in [-0.3, -0.25) is 4.79 Å². The summed E-state index contributed by atoms with van der Waals surface area (Å²) >= 11 is 3.26. The molecule has 0 saturated carbocycles. The summed E-state index contributed by atoms with van der Waals surface area (Å²) in [5.74, 6) is -0.661. The van der Waals surface area contributed by atoms with Gasteiger partial charge in [0.1, 0.15) is 5.82 Å². The third-order valence-corrected chi connectivity index (χ3v) is 4.95. The average Bonchev–Trinajstić information content (AvgIpc) is 2.39. The van der Waals surface area contributed by atoms with Crippen LogP contribution in [0.5, 0.6) is 0 Å². The van der Waals surface area contributed by atoms with E-state index in [4.69, 9.17) is 0 Å². The maximum absolute atomic E-state index is 13.8. The highest BCUT2D eigenvalue weighted by Crippen LogP contribution is 2.34. The van der Waals surface area contributed by atoms with Gasteiger partial charge in [0.25, 0.3) is 5.91 Å². The molecular formula is C15H19BrFNO. The van der Waals surface area contributed by atoms with Crippen LogP contribution in [0.25, 0.3) is 0 Å². The number of hydrogen-bond acceptors (Lipinski definition) is 1. The van der Waals surface area contributed by atoms with Gasteiger partial charge in [-0.05, 0) is 46.3 Å². The Hall–Kier alpha value is -0.900. The molecule has 104 valence electrons. The molecule has 1 fully saturated rings. The average molecular weight is 328 g/mol. The molecule has 0 spiro atoms. The third kappa shape index (κ3) is 2.99. The van der Waals surface area contributed by atoms with Crippen molar-refractivity contribution in [3.05, 3.63) is 34.1 Å². The summed E-state index contributed by atoms with van der Waals surface area (Å²) in [4.78, 5) is 14.2. The maximum atomic E-state index is 13.8. The fourth-order valence-corrected chi connectivity index (χ4v) is 2.98. The van der Waals surface area contributed by atoms with Crippen LogP contribution >= 0.6 is 15.9 Å². The molecule has 0 unspecified atom stereocenters. The van der Waals surface area contributed by atoms with E-state index in [1.54, 1.807) is 17.0 Å². The molecule has 4 heteroatoms. The van der Waals surface area contributed by atoms with Crippen LogP contribution in [0.1, 0.15) is 43.5 Å². The highest BCUT2D eigenvalue weighted by Gasteiger charge is 2.31. The van der Waals surface area contributed by atoms with Crippen molar-refractivity contribution in [2.24, 2.45) is 5.41 Å². The zero-order chi connectivity index (χ0) is 14.0. The minimum atomic E-state index is -0.455.